The predicted octanol–water partition coefficient (Wildman–Crippen LogP) is 1.89. The highest BCUT2D eigenvalue weighted by Gasteiger charge is 2.21. The van der Waals surface area contributed by atoms with Crippen LogP contribution < -0.4 is 10.5 Å². The van der Waals surface area contributed by atoms with Gasteiger partial charge >= 0.3 is 0 Å². The largest absolute Gasteiger partial charge is 0.495 e. The van der Waals surface area contributed by atoms with E-state index in [4.69, 9.17) is 15.2 Å². The zero-order valence-corrected chi connectivity index (χ0v) is 11.2. The molecular weight excluding hydrogens is 228 g/mol. The molecule has 1 aliphatic heterocycles. The van der Waals surface area contributed by atoms with Crippen LogP contribution in [-0.4, -0.2) is 37.8 Å². The Labute approximate surface area is 109 Å². The summed E-state index contributed by atoms with van der Waals surface area (Å²) in [6, 6.07) is 6.53. The van der Waals surface area contributed by atoms with E-state index in [1.165, 1.54) is 5.56 Å². The van der Waals surface area contributed by atoms with Crippen molar-refractivity contribution in [3.05, 3.63) is 23.8 Å². The van der Waals surface area contributed by atoms with Crippen molar-refractivity contribution in [1.29, 1.82) is 0 Å². The van der Waals surface area contributed by atoms with E-state index in [1.54, 1.807) is 7.11 Å². The third-order valence-electron chi connectivity index (χ3n) is 3.50. The molecule has 4 heteroatoms. The van der Waals surface area contributed by atoms with Gasteiger partial charge in [-0.1, -0.05) is 13.0 Å². The number of nitrogens with two attached hydrogens (primary N) is 1. The lowest BCUT2D eigenvalue weighted by Gasteiger charge is -2.35. The van der Waals surface area contributed by atoms with Crippen molar-refractivity contribution >= 4 is 5.69 Å². The molecule has 1 heterocycles. The zero-order chi connectivity index (χ0) is 13.0. The minimum absolute atomic E-state index is 0.516. The predicted molar refractivity (Wildman–Crippen MR) is 72.7 cm³/mol. The fourth-order valence-electron chi connectivity index (χ4n) is 2.39. The van der Waals surface area contributed by atoms with E-state index in [0.717, 1.165) is 38.5 Å². The Morgan fingerprint density at radius 2 is 2.33 bits per heavy atom. The molecule has 0 radical (unpaired) electrons. The molecule has 2 N–H and O–H groups in total. The number of benzene rings is 1. The molecule has 2 rings (SSSR count). The van der Waals surface area contributed by atoms with Gasteiger partial charge in [0.25, 0.3) is 0 Å². The highest BCUT2D eigenvalue weighted by Crippen LogP contribution is 2.23. The van der Waals surface area contributed by atoms with Crippen molar-refractivity contribution in [2.24, 2.45) is 0 Å². The van der Waals surface area contributed by atoms with E-state index >= 15 is 0 Å². The van der Waals surface area contributed by atoms with Gasteiger partial charge in [-0.05, 0) is 24.1 Å². The summed E-state index contributed by atoms with van der Waals surface area (Å²) in [5.74, 6) is 0.743. The van der Waals surface area contributed by atoms with Gasteiger partial charge in [0.1, 0.15) is 5.75 Å². The molecule has 0 aromatic heterocycles. The van der Waals surface area contributed by atoms with Gasteiger partial charge in [-0.25, -0.2) is 0 Å². The Hall–Kier alpha value is -1.26. The topological polar surface area (TPSA) is 47.7 Å². The number of anilines is 1. The number of hydrogen-bond acceptors (Lipinski definition) is 4. The van der Waals surface area contributed by atoms with Crippen molar-refractivity contribution in [3.63, 3.8) is 0 Å². The third-order valence-corrected chi connectivity index (χ3v) is 3.50. The van der Waals surface area contributed by atoms with E-state index in [0.29, 0.717) is 11.7 Å². The Morgan fingerprint density at radius 3 is 3.00 bits per heavy atom. The van der Waals surface area contributed by atoms with Crippen LogP contribution in [0.2, 0.25) is 0 Å². The number of nitrogens with zero attached hydrogens (tertiary/aromatic N) is 1. The molecule has 1 aromatic carbocycles. The fourth-order valence-corrected chi connectivity index (χ4v) is 2.39. The van der Waals surface area contributed by atoms with Gasteiger partial charge < -0.3 is 15.2 Å². The molecule has 0 saturated carbocycles. The van der Waals surface area contributed by atoms with Crippen LogP contribution in [0.4, 0.5) is 5.69 Å². The van der Waals surface area contributed by atoms with E-state index in [9.17, 15) is 0 Å². The number of rotatable bonds is 4. The Morgan fingerprint density at radius 1 is 1.50 bits per heavy atom. The van der Waals surface area contributed by atoms with Gasteiger partial charge in [0.05, 0.1) is 26.0 Å². The lowest BCUT2D eigenvalue weighted by atomic mass is 10.1. The maximum Gasteiger partial charge on any atom is 0.141 e. The molecule has 1 fully saturated rings. The molecule has 1 unspecified atom stereocenters. The monoisotopic (exact) mass is 250 g/mol. The van der Waals surface area contributed by atoms with Gasteiger partial charge in [0.2, 0.25) is 0 Å². The second-order valence-corrected chi connectivity index (χ2v) is 4.68. The summed E-state index contributed by atoms with van der Waals surface area (Å²) < 4.78 is 10.7. The summed E-state index contributed by atoms with van der Waals surface area (Å²) in [7, 11) is 1.64. The SMILES string of the molecule is CCC1COCCN1Cc1ccc(OC)c(N)c1. The quantitative estimate of drug-likeness (QED) is 0.829. The first-order valence-electron chi connectivity index (χ1n) is 6.48. The van der Waals surface area contributed by atoms with Crippen LogP contribution in [0.1, 0.15) is 18.9 Å². The molecule has 1 aliphatic rings. The molecule has 18 heavy (non-hydrogen) atoms. The van der Waals surface area contributed by atoms with Crippen LogP contribution in [0.15, 0.2) is 18.2 Å². The Bertz CT molecular complexity index is 395. The Balaban J connectivity index is 2.05. The number of methoxy groups -OCH3 is 1. The van der Waals surface area contributed by atoms with Crippen molar-refractivity contribution < 1.29 is 9.47 Å². The molecule has 0 amide bonds. The summed E-state index contributed by atoms with van der Waals surface area (Å²) in [6.45, 7) is 5.78. The highest BCUT2D eigenvalue weighted by molar-refractivity contribution is 5.54. The average molecular weight is 250 g/mol. The maximum absolute atomic E-state index is 5.94. The molecule has 1 saturated heterocycles. The second-order valence-electron chi connectivity index (χ2n) is 4.68. The first-order valence-corrected chi connectivity index (χ1v) is 6.48. The van der Waals surface area contributed by atoms with E-state index in [-0.39, 0.29) is 0 Å². The lowest BCUT2D eigenvalue weighted by molar-refractivity contribution is -0.0127. The highest BCUT2D eigenvalue weighted by atomic mass is 16.5. The summed E-state index contributed by atoms with van der Waals surface area (Å²) in [5, 5.41) is 0. The van der Waals surface area contributed by atoms with Crippen LogP contribution in [0.3, 0.4) is 0 Å². The lowest BCUT2D eigenvalue weighted by Crippen LogP contribution is -2.44. The van der Waals surface area contributed by atoms with Crippen LogP contribution in [0.25, 0.3) is 0 Å². The molecular formula is C14H22N2O2. The molecule has 0 aliphatic carbocycles. The molecule has 100 valence electrons. The summed E-state index contributed by atoms with van der Waals surface area (Å²) in [6.07, 6.45) is 1.12. The van der Waals surface area contributed by atoms with Gasteiger partial charge in [-0.2, -0.15) is 0 Å². The summed E-state index contributed by atoms with van der Waals surface area (Å²) in [5.41, 5.74) is 7.87. The summed E-state index contributed by atoms with van der Waals surface area (Å²) in [4.78, 5) is 2.46. The van der Waals surface area contributed by atoms with Crippen molar-refractivity contribution in [3.8, 4) is 5.75 Å². The number of morpholine rings is 1. The normalized spacial score (nSPS) is 20.9. The van der Waals surface area contributed by atoms with Crippen LogP contribution in [0.5, 0.6) is 5.75 Å². The van der Waals surface area contributed by atoms with Crippen molar-refractivity contribution in [1.82, 2.24) is 4.90 Å². The van der Waals surface area contributed by atoms with Crippen LogP contribution >= 0.6 is 0 Å². The number of nitrogen functional groups attached to an aromatic ring is 1. The van der Waals surface area contributed by atoms with Gasteiger partial charge in [0.15, 0.2) is 0 Å². The van der Waals surface area contributed by atoms with Gasteiger partial charge in [0, 0.05) is 19.1 Å². The molecule has 0 spiro atoms. The molecule has 1 aromatic rings. The minimum atomic E-state index is 0.516. The second kappa shape index (κ2) is 6.07. The molecule has 1 atom stereocenters. The van der Waals surface area contributed by atoms with Crippen LogP contribution in [0, 0.1) is 0 Å². The molecule has 0 bridgehead atoms. The summed E-state index contributed by atoms with van der Waals surface area (Å²) >= 11 is 0. The maximum atomic E-state index is 5.94. The standard InChI is InChI=1S/C14H22N2O2/c1-3-12-10-18-7-6-16(12)9-11-4-5-14(17-2)13(15)8-11/h4-5,8,12H,3,6-7,9-10,15H2,1-2H3. The van der Waals surface area contributed by atoms with Crippen molar-refractivity contribution in [2.45, 2.75) is 25.9 Å². The number of hydrogen-bond donors (Lipinski definition) is 1. The van der Waals surface area contributed by atoms with E-state index < -0.39 is 0 Å². The van der Waals surface area contributed by atoms with Crippen molar-refractivity contribution in [2.75, 3.05) is 32.6 Å². The number of ether oxygens (including phenoxy) is 2. The van der Waals surface area contributed by atoms with Crippen LogP contribution in [-0.2, 0) is 11.3 Å². The minimum Gasteiger partial charge on any atom is -0.495 e. The first-order chi connectivity index (χ1) is 8.74. The zero-order valence-electron chi connectivity index (χ0n) is 11.2. The third kappa shape index (κ3) is 2.94. The van der Waals surface area contributed by atoms with Gasteiger partial charge in [-0.3, -0.25) is 4.90 Å². The first kappa shape index (κ1) is 13.2. The van der Waals surface area contributed by atoms with Gasteiger partial charge in [-0.15, -0.1) is 0 Å². The molecule has 4 nitrogen and oxygen atoms in total. The fraction of sp³-hybridized carbons (Fsp3) is 0.571. The average Bonchev–Trinajstić information content (AvgIpc) is 2.39. The van der Waals surface area contributed by atoms with E-state index in [2.05, 4.69) is 17.9 Å². The Kier molecular flexibility index (Phi) is 4.44. The van der Waals surface area contributed by atoms with E-state index in [1.807, 2.05) is 12.1 Å². The smallest absolute Gasteiger partial charge is 0.141 e.